The van der Waals surface area contributed by atoms with E-state index in [0.29, 0.717) is 0 Å². The largest absolute Gasteiger partial charge is 0.367 e. The molecule has 1 aliphatic heterocycles. The predicted molar refractivity (Wildman–Crippen MR) is 66.4 cm³/mol. The number of hydrogen-bond donors (Lipinski definition) is 0. The standard InChI is InChI=1S/C14H16N2/c1-11-3-4-12(2)14(9-11)16-7-5-13(10-15)6-8-16/h3-5,9H,6-8H2,1-2H3. The Kier molecular flexibility index (Phi) is 2.96. The van der Waals surface area contributed by atoms with E-state index in [1.54, 1.807) is 0 Å². The summed E-state index contributed by atoms with van der Waals surface area (Å²) in [7, 11) is 0. The highest BCUT2D eigenvalue weighted by molar-refractivity contribution is 5.56. The summed E-state index contributed by atoms with van der Waals surface area (Å²) < 4.78 is 0. The van der Waals surface area contributed by atoms with Gasteiger partial charge < -0.3 is 4.90 Å². The quantitative estimate of drug-likeness (QED) is 0.715. The van der Waals surface area contributed by atoms with Crippen molar-refractivity contribution < 1.29 is 0 Å². The highest BCUT2D eigenvalue weighted by Gasteiger charge is 2.13. The maximum atomic E-state index is 8.81. The van der Waals surface area contributed by atoms with Gasteiger partial charge >= 0.3 is 0 Å². The summed E-state index contributed by atoms with van der Waals surface area (Å²) in [5, 5.41) is 8.81. The summed E-state index contributed by atoms with van der Waals surface area (Å²) in [5.74, 6) is 0. The molecule has 0 fully saturated rings. The Balaban J connectivity index is 2.24. The lowest BCUT2D eigenvalue weighted by atomic mass is 10.1. The summed E-state index contributed by atoms with van der Waals surface area (Å²) in [6.45, 7) is 6.05. The van der Waals surface area contributed by atoms with Gasteiger partial charge in [0, 0.05) is 24.4 Å². The van der Waals surface area contributed by atoms with Crippen LogP contribution >= 0.6 is 0 Å². The normalized spacial score (nSPS) is 15.6. The number of rotatable bonds is 1. The molecule has 0 spiro atoms. The van der Waals surface area contributed by atoms with Gasteiger partial charge in [0.25, 0.3) is 0 Å². The minimum Gasteiger partial charge on any atom is -0.367 e. The van der Waals surface area contributed by atoms with Gasteiger partial charge in [0.15, 0.2) is 0 Å². The van der Waals surface area contributed by atoms with E-state index in [-0.39, 0.29) is 0 Å². The smallest absolute Gasteiger partial charge is 0.0945 e. The Labute approximate surface area is 96.8 Å². The van der Waals surface area contributed by atoms with Crippen LogP contribution in [0.5, 0.6) is 0 Å². The van der Waals surface area contributed by atoms with Gasteiger partial charge in [0.2, 0.25) is 0 Å². The Morgan fingerprint density at radius 1 is 1.31 bits per heavy atom. The molecule has 0 atom stereocenters. The van der Waals surface area contributed by atoms with Gasteiger partial charge in [-0.25, -0.2) is 0 Å². The second kappa shape index (κ2) is 4.40. The topological polar surface area (TPSA) is 27.0 Å². The molecule has 2 rings (SSSR count). The number of anilines is 1. The molecule has 2 heteroatoms. The molecule has 0 aromatic heterocycles. The molecule has 0 N–H and O–H groups in total. The fourth-order valence-electron chi connectivity index (χ4n) is 2.05. The molecule has 0 amide bonds. The second-order valence-electron chi connectivity index (χ2n) is 4.33. The third kappa shape index (κ3) is 2.09. The van der Waals surface area contributed by atoms with Crippen molar-refractivity contribution >= 4 is 5.69 Å². The second-order valence-corrected chi connectivity index (χ2v) is 4.33. The van der Waals surface area contributed by atoms with Crippen molar-refractivity contribution in [3.63, 3.8) is 0 Å². The van der Waals surface area contributed by atoms with Crippen molar-refractivity contribution in [1.29, 1.82) is 5.26 Å². The van der Waals surface area contributed by atoms with Crippen LogP contribution in [0.4, 0.5) is 5.69 Å². The number of aryl methyl sites for hydroxylation is 2. The maximum Gasteiger partial charge on any atom is 0.0945 e. The zero-order valence-electron chi connectivity index (χ0n) is 9.83. The number of hydrogen-bond acceptors (Lipinski definition) is 2. The number of benzene rings is 1. The van der Waals surface area contributed by atoms with Crippen molar-refractivity contribution in [3.05, 3.63) is 41.0 Å². The highest BCUT2D eigenvalue weighted by atomic mass is 15.1. The van der Waals surface area contributed by atoms with Crippen LogP contribution in [0.3, 0.4) is 0 Å². The fraction of sp³-hybridized carbons (Fsp3) is 0.357. The average Bonchev–Trinajstić information content (AvgIpc) is 2.32. The zero-order valence-corrected chi connectivity index (χ0v) is 9.83. The Morgan fingerprint density at radius 3 is 2.75 bits per heavy atom. The van der Waals surface area contributed by atoms with Crippen LogP contribution in [-0.2, 0) is 0 Å². The molecule has 1 aliphatic rings. The molecule has 16 heavy (non-hydrogen) atoms. The first-order chi connectivity index (χ1) is 7.70. The third-order valence-electron chi connectivity index (χ3n) is 3.06. The lowest BCUT2D eigenvalue weighted by molar-refractivity contribution is 0.799. The minimum atomic E-state index is 0.854. The van der Waals surface area contributed by atoms with Crippen molar-refractivity contribution in [2.75, 3.05) is 18.0 Å². The summed E-state index contributed by atoms with van der Waals surface area (Å²) in [4.78, 5) is 2.34. The Bertz CT molecular complexity index is 466. The summed E-state index contributed by atoms with van der Waals surface area (Å²) in [6.07, 6.45) is 2.90. The van der Waals surface area contributed by atoms with Gasteiger partial charge in [-0.2, -0.15) is 5.26 Å². The van der Waals surface area contributed by atoms with Crippen LogP contribution in [0.1, 0.15) is 17.5 Å². The first-order valence-corrected chi connectivity index (χ1v) is 5.62. The van der Waals surface area contributed by atoms with Crippen LogP contribution in [0, 0.1) is 25.2 Å². The van der Waals surface area contributed by atoms with Crippen LogP contribution < -0.4 is 4.90 Å². The molecule has 1 aromatic carbocycles. The molecule has 0 saturated heterocycles. The van der Waals surface area contributed by atoms with Gasteiger partial charge in [0.05, 0.1) is 6.07 Å². The minimum absolute atomic E-state index is 0.854. The Morgan fingerprint density at radius 2 is 2.12 bits per heavy atom. The molecule has 0 saturated carbocycles. The fourth-order valence-corrected chi connectivity index (χ4v) is 2.05. The molecular formula is C14H16N2. The average molecular weight is 212 g/mol. The van der Waals surface area contributed by atoms with Gasteiger partial charge in [-0.15, -0.1) is 0 Å². The van der Waals surface area contributed by atoms with Gasteiger partial charge in [0.1, 0.15) is 0 Å². The SMILES string of the molecule is Cc1ccc(C)c(N2CC=C(C#N)CC2)c1. The van der Waals surface area contributed by atoms with Crippen molar-refractivity contribution in [2.45, 2.75) is 20.3 Å². The first-order valence-electron chi connectivity index (χ1n) is 5.62. The molecule has 1 aromatic rings. The van der Waals surface area contributed by atoms with E-state index in [1.807, 2.05) is 6.08 Å². The molecule has 0 aliphatic carbocycles. The van der Waals surface area contributed by atoms with Gasteiger partial charge in [-0.3, -0.25) is 0 Å². The molecule has 1 heterocycles. The summed E-state index contributed by atoms with van der Waals surface area (Å²) in [5.41, 5.74) is 4.81. The monoisotopic (exact) mass is 212 g/mol. The van der Waals surface area contributed by atoms with E-state index < -0.39 is 0 Å². The Hall–Kier alpha value is -1.75. The summed E-state index contributed by atoms with van der Waals surface area (Å²) >= 11 is 0. The third-order valence-corrected chi connectivity index (χ3v) is 3.06. The van der Waals surface area contributed by atoms with E-state index in [1.165, 1.54) is 16.8 Å². The molecule has 0 unspecified atom stereocenters. The van der Waals surface area contributed by atoms with Crippen molar-refractivity contribution in [3.8, 4) is 6.07 Å². The van der Waals surface area contributed by atoms with E-state index in [0.717, 1.165) is 25.1 Å². The number of nitrogens with zero attached hydrogens (tertiary/aromatic N) is 2. The van der Waals surface area contributed by atoms with E-state index in [2.05, 4.69) is 43.0 Å². The lowest BCUT2D eigenvalue weighted by Gasteiger charge is -2.28. The summed E-state index contributed by atoms with van der Waals surface area (Å²) in [6, 6.07) is 8.76. The van der Waals surface area contributed by atoms with Gasteiger partial charge in [-0.05, 0) is 37.5 Å². The van der Waals surface area contributed by atoms with Crippen LogP contribution in [0.2, 0.25) is 0 Å². The first kappa shape index (κ1) is 10.8. The molecule has 82 valence electrons. The van der Waals surface area contributed by atoms with Crippen molar-refractivity contribution in [2.24, 2.45) is 0 Å². The van der Waals surface area contributed by atoms with E-state index in [9.17, 15) is 0 Å². The van der Waals surface area contributed by atoms with E-state index >= 15 is 0 Å². The van der Waals surface area contributed by atoms with Crippen molar-refractivity contribution in [1.82, 2.24) is 0 Å². The highest BCUT2D eigenvalue weighted by Crippen LogP contribution is 2.24. The number of nitriles is 1. The zero-order chi connectivity index (χ0) is 11.5. The predicted octanol–water partition coefficient (Wildman–Crippen LogP) is 2.96. The molecule has 2 nitrogen and oxygen atoms in total. The van der Waals surface area contributed by atoms with Crippen LogP contribution in [0.25, 0.3) is 0 Å². The van der Waals surface area contributed by atoms with E-state index in [4.69, 9.17) is 5.26 Å². The molecular weight excluding hydrogens is 196 g/mol. The molecule has 0 bridgehead atoms. The van der Waals surface area contributed by atoms with Crippen LogP contribution in [0.15, 0.2) is 29.8 Å². The van der Waals surface area contributed by atoms with Crippen LogP contribution in [-0.4, -0.2) is 13.1 Å². The lowest BCUT2D eigenvalue weighted by Crippen LogP contribution is -2.28. The maximum absolute atomic E-state index is 8.81. The molecule has 0 radical (unpaired) electrons. The van der Waals surface area contributed by atoms with Gasteiger partial charge in [-0.1, -0.05) is 18.2 Å².